The monoisotopic (exact) mass is 253 g/mol. The minimum Gasteiger partial charge on any atom is -0.338 e. The molecule has 0 bridgehead atoms. The summed E-state index contributed by atoms with van der Waals surface area (Å²) >= 11 is 1.49. The van der Waals surface area contributed by atoms with E-state index >= 15 is 0 Å². The normalized spacial score (nSPS) is 10.9. The van der Waals surface area contributed by atoms with E-state index in [1.165, 1.54) is 11.8 Å². The zero-order chi connectivity index (χ0) is 12.1. The van der Waals surface area contributed by atoms with Crippen molar-refractivity contribution in [2.45, 2.75) is 44.0 Å². The molecule has 0 spiro atoms. The van der Waals surface area contributed by atoms with Crippen molar-refractivity contribution in [3.05, 3.63) is 17.5 Å². The maximum atomic E-state index is 5.12. The van der Waals surface area contributed by atoms with Gasteiger partial charge in [-0.3, -0.25) is 5.10 Å². The van der Waals surface area contributed by atoms with Crippen molar-refractivity contribution >= 4 is 11.8 Å². The van der Waals surface area contributed by atoms with E-state index in [-0.39, 0.29) is 0 Å². The molecule has 0 aliphatic heterocycles. The molecular formula is C10H15N5OS. The summed E-state index contributed by atoms with van der Waals surface area (Å²) in [6.45, 7) is 4.12. The van der Waals surface area contributed by atoms with Gasteiger partial charge in [-0.1, -0.05) is 30.8 Å². The number of aryl methyl sites for hydroxylation is 2. The molecule has 0 aliphatic rings. The Bertz CT molecular complexity index is 467. The first-order valence-electron chi connectivity index (χ1n) is 5.67. The van der Waals surface area contributed by atoms with Gasteiger partial charge in [0.05, 0.1) is 5.75 Å². The Morgan fingerprint density at radius 2 is 2.18 bits per heavy atom. The van der Waals surface area contributed by atoms with Crippen LogP contribution < -0.4 is 0 Å². The number of rotatable bonds is 6. The van der Waals surface area contributed by atoms with E-state index in [1.807, 2.05) is 6.92 Å². The number of aromatic nitrogens is 5. The highest BCUT2D eigenvalue weighted by molar-refractivity contribution is 7.98. The summed E-state index contributed by atoms with van der Waals surface area (Å²) in [4.78, 5) is 8.57. The lowest BCUT2D eigenvalue weighted by Crippen LogP contribution is -1.87. The average molecular weight is 253 g/mol. The Morgan fingerprint density at radius 1 is 1.29 bits per heavy atom. The minimum atomic E-state index is 0.609. The van der Waals surface area contributed by atoms with Crippen LogP contribution >= 0.6 is 11.8 Å². The molecule has 0 aliphatic carbocycles. The molecule has 2 aromatic rings. The van der Waals surface area contributed by atoms with Crippen LogP contribution in [0.15, 0.2) is 9.68 Å². The van der Waals surface area contributed by atoms with E-state index in [2.05, 4.69) is 32.2 Å². The molecule has 2 heterocycles. The van der Waals surface area contributed by atoms with Gasteiger partial charge in [-0.25, -0.2) is 4.98 Å². The highest BCUT2D eigenvalue weighted by Gasteiger charge is 2.08. The van der Waals surface area contributed by atoms with Crippen molar-refractivity contribution in [2.24, 2.45) is 0 Å². The van der Waals surface area contributed by atoms with Gasteiger partial charge in [-0.15, -0.1) is 5.10 Å². The first-order chi connectivity index (χ1) is 8.31. The highest BCUT2D eigenvalue weighted by Crippen LogP contribution is 2.18. The third-order valence-corrected chi connectivity index (χ3v) is 2.99. The van der Waals surface area contributed by atoms with Crippen molar-refractivity contribution in [1.82, 2.24) is 25.3 Å². The molecule has 17 heavy (non-hydrogen) atoms. The van der Waals surface area contributed by atoms with Crippen LogP contribution in [0.3, 0.4) is 0 Å². The summed E-state index contributed by atoms with van der Waals surface area (Å²) in [6, 6.07) is 0. The molecule has 0 radical (unpaired) electrons. The van der Waals surface area contributed by atoms with E-state index in [9.17, 15) is 0 Å². The largest absolute Gasteiger partial charge is 0.338 e. The number of nitrogens with one attached hydrogen (secondary N) is 1. The third kappa shape index (κ3) is 3.29. The quantitative estimate of drug-likeness (QED) is 0.793. The van der Waals surface area contributed by atoms with Crippen molar-refractivity contribution in [1.29, 1.82) is 0 Å². The van der Waals surface area contributed by atoms with Gasteiger partial charge in [0.2, 0.25) is 11.0 Å². The van der Waals surface area contributed by atoms with Crippen molar-refractivity contribution in [3.63, 3.8) is 0 Å². The number of nitrogens with zero attached hydrogens (tertiary/aromatic N) is 4. The predicted molar refractivity (Wildman–Crippen MR) is 63.6 cm³/mol. The molecule has 0 unspecified atom stereocenters. The van der Waals surface area contributed by atoms with Gasteiger partial charge in [-0.05, 0) is 6.42 Å². The zero-order valence-corrected chi connectivity index (χ0v) is 10.8. The molecule has 0 aromatic carbocycles. The highest BCUT2D eigenvalue weighted by atomic mass is 32.2. The first-order valence-corrected chi connectivity index (χ1v) is 6.66. The number of H-pyrrole nitrogens is 1. The molecular weight excluding hydrogens is 238 g/mol. The molecule has 92 valence electrons. The second-order valence-corrected chi connectivity index (χ2v) is 4.50. The number of hydrogen-bond acceptors (Lipinski definition) is 6. The molecule has 1 N–H and O–H groups in total. The summed E-state index contributed by atoms with van der Waals surface area (Å²) in [5, 5.41) is 11.6. The van der Waals surface area contributed by atoms with Gasteiger partial charge in [0.15, 0.2) is 5.82 Å². The summed E-state index contributed by atoms with van der Waals surface area (Å²) in [6.07, 6.45) is 2.73. The van der Waals surface area contributed by atoms with Gasteiger partial charge in [0, 0.05) is 12.8 Å². The van der Waals surface area contributed by atoms with Crippen LogP contribution in [0, 0.1) is 0 Å². The Morgan fingerprint density at radius 3 is 2.88 bits per heavy atom. The smallest absolute Gasteiger partial charge is 0.237 e. The molecule has 0 saturated heterocycles. The van der Waals surface area contributed by atoms with Crippen LogP contribution in [0.5, 0.6) is 0 Å². The molecule has 0 saturated carbocycles. The lowest BCUT2D eigenvalue weighted by molar-refractivity contribution is 0.384. The SMILES string of the molecule is CCCc1noc(CSc2n[nH]c(CC)n2)n1. The minimum absolute atomic E-state index is 0.609. The second-order valence-electron chi connectivity index (χ2n) is 3.56. The summed E-state index contributed by atoms with van der Waals surface area (Å²) in [5.41, 5.74) is 0. The second kappa shape index (κ2) is 5.81. The first kappa shape index (κ1) is 12.1. The fourth-order valence-corrected chi connectivity index (χ4v) is 1.96. The number of hydrogen-bond donors (Lipinski definition) is 1. The maximum Gasteiger partial charge on any atom is 0.237 e. The summed E-state index contributed by atoms with van der Waals surface area (Å²) in [5.74, 6) is 2.90. The van der Waals surface area contributed by atoms with E-state index in [0.717, 1.165) is 36.1 Å². The fraction of sp³-hybridized carbons (Fsp3) is 0.600. The van der Waals surface area contributed by atoms with Crippen molar-refractivity contribution in [2.75, 3.05) is 0 Å². The van der Waals surface area contributed by atoms with E-state index in [0.29, 0.717) is 11.6 Å². The summed E-state index contributed by atoms with van der Waals surface area (Å²) in [7, 11) is 0. The Kier molecular flexibility index (Phi) is 4.13. The van der Waals surface area contributed by atoms with Crippen LogP contribution in [0.25, 0.3) is 0 Å². The van der Waals surface area contributed by atoms with Gasteiger partial charge in [-0.2, -0.15) is 4.98 Å². The lowest BCUT2D eigenvalue weighted by atomic mass is 10.3. The molecule has 2 aromatic heterocycles. The molecule has 7 heteroatoms. The molecule has 0 atom stereocenters. The van der Waals surface area contributed by atoms with Gasteiger partial charge < -0.3 is 4.52 Å². The molecule has 6 nitrogen and oxygen atoms in total. The number of thioether (sulfide) groups is 1. The van der Waals surface area contributed by atoms with Crippen LogP contribution in [0.1, 0.15) is 37.8 Å². The van der Waals surface area contributed by atoms with Crippen molar-refractivity contribution < 1.29 is 4.52 Å². The van der Waals surface area contributed by atoms with Gasteiger partial charge in [0.1, 0.15) is 5.82 Å². The zero-order valence-electron chi connectivity index (χ0n) is 9.93. The Labute approximate surface area is 104 Å². The lowest BCUT2D eigenvalue weighted by Gasteiger charge is -1.89. The third-order valence-electron chi connectivity index (χ3n) is 2.15. The Balaban J connectivity index is 1.88. The molecule has 0 amide bonds. The van der Waals surface area contributed by atoms with Crippen LogP contribution in [0.2, 0.25) is 0 Å². The fourth-order valence-electron chi connectivity index (χ4n) is 1.30. The van der Waals surface area contributed by atoms with Crippen LogP contribution in [0.4, 0.5) is 0 Å². The van der Waals surface area contributed by atoms with Crippen molar-refractivity contribution in [3.8, 4) is 0 Å². The molecule has 0 fully saturated rings. The standard InChI is InChI=1S/C10H15N5OS/c1-3-5-8-11-9(16-15-8)6-17-10-12-7(4-2)13-14-10/h3-6H2,1-2H3,(H,12,13,14). The number of aromatic amines is 1. The maximum absolute atomic E-state index is 5.12. The van der Waals surface area contributed by atoms with E-state index in [4.69, 9.17) is 4.52 Å². The van der Waals surface area contributed by atoms with Gasteiger partial charge in [0.25, 0.3) is 0 Å². The summed E-state index contributed by atoms with van der Waals surface area (Å²) < 4.78 is 5.12. The topological polar surface area (TPSA) is 80.5 Å². The predicted octanol–water partition coefficient (Wildman–Crippen LogP) is 1.99. The van der Waals surface area contributed by atoms with E-state index < -0.39 is 0 Å². The molecule has 2 rings (SSSR count). The Hall–Kier alpha value is -1.37. The van der Waals surface area contributed by atoms with E-state index in [1.54, 1.807) is 0 Å². The van der Waals surface area contributed by atoms with Crippen LogP contribution in [-0.2, 0) is 18.6 Å². The van der Waals surface area contributed by atoms with Crippen LogP contribution in [-0.4, -0.2) is 25.3 Å². The van der Waals surface area contributed by atoms with Gasteiger partial charge >= 0.3 is 0 Å². The average Bonchev–Trinajstić information content (AvgIpc) is 2.95.